The van der Waals surface area contributed by atoms with Crippen LogP contribution in [0.2, 0.25) is 0 Å². The second kappa shape index (κ2) is 7.51. The lowest BCUT2D eigenvalue weighted by molar-refractivity contribution is -0.119. The molecule has 0 spiro atoms. The molecule has 2 aliphatic rings. The van der Waals surface area contributed by atoms with Crippen LogP contribution >= 0.6 is 11.8 Å². The van der Waals surface area contributed by atoms with E-state index < -0.39 is 0 Å². The Morgan fingerprint density at radius 2 is 1.91 bits per heavy atom. The van der Waals surface area contributed by atoms with E-state index in [2.05, 4.69) is 35.5 Å². The maximum atomic E-state index is 12.2. The van der Waals surface area contributed by atoms with Gasteiger partial charge in [-0.25, -0.2) is 0 Å². The van der Waals surface area contributed by atoms with Crippen LogP contribution in [-0.2, 0) is 4.79 Å². The van der Waals surface area contributed by atoms with Gasteiger partial charge in [0.05, 0.1) is 0 Å². The zero-order chi connectivity index (χ0) is 15.4. The second-order valence-electron chi connectivity index (χ2n) is 6.62. The Bertz CT molecular complexity index is 506. The van der Waals surface area contributed by atoms with E-state index in [1.807, 2.05) is 17.8 Å². The fourth-order valence-electron chi connectivity index (χ4n) is 3.37. The molecule has 120 valence electrons. The average Bonchev–Trinajstić information content (AvgIpc) is 3.04. The summed E-state index contributed by atoms with van der Waals surface area (Å²) >= 11 is 1.96. The van der Waals surface area contributed by atoms with Gasteiger partial charge in [0, 0.05) is 21.8 Å². The first-order valence-electron chi connectivity index (χ1n) is 8.47. The molecule has 22 heavy (non-hydrogen) atoms. The van der Waals surface area contributed by atoms with Gasteiger partial charge in [0.25, 0.3) is 0 Å². The number of likely N-dealkylation sites (tertiary alicyclic amines) is 1. The lowest BCUT2D eigenvalue weighted by atomic mass is 10.1. The molecule has 0 radical (unpaired) electrons. The van der Waals surface area contributed by atoms with E-state index in [0.29, 0.717) is 5.25 Å². The number of hydrogen-bond acceptors (Lipinski definition) is 3. The van der Waals surface area contributed by atoms with Gasteiger partial charge in [0.1, 0.15) is 0 Å². The Morgan fingerprint density at radius 1 is 1.18 bits per heavy atom. The number of amides is 1. The summed E-state index contributed by atoms with van der Waals surface area (Å²) in [5.74, 6) is 0.434. The fraction of sp³-hybridized carbons (Fsp3) is 0.611. The van der Waals surface area contributed by atoms with Crippen LogP contribution in [-0.4, -0.2) is 36.2 Å². The largest absolute Gasteiger partial charge is 0.326 e. The van der Waals surface area contributed by atoms with Crippen molar-refractivity contribution in [2.45, 2.75) is 48.7 Å². The number of benzene rings is 1. The summed E-state index contributed by atoms with van der Waals surface area (Å²) in [5, 5.41) is 3.81. The molecule has 0 unspecified atom stereocenters. The van der Waals surface area contributed by atoms with E-state index in [1.165, 1.54) is 43.7 Å². The minimum absolute atomic E-state index is 0.207. The number of thioether (sulfide) groups is 1. The molecule has 1 aromatic carbocycles. The van der Waals surface area contributed by atoms with E-state index in [9.17, 15) is 4.79 Å². The number of carbonyl (C=O) groups excluding carboxylic acids is 1. The molecular weight excluding hydrogens is 292 g/mol. The highest BCUT2D eigenvalue weighted by atomic mass is 32.2. The van der Waals surface area contributed by atoms with Crippen LogP contribution in [0, 0.1) is 5.92 Å². The molecule has 0 atom stereocenters. The highest BCUT2D eigenvalue weighted by Gasteiger charge is 2.23. The number of rotatable bonds is 4. The Balaban J connectivity index is 1.56. The van der Waals surface area contributed by atoms with Crippen LogP contribution in [0.4, 0.5) is 5.69 Å². The monoisotopic (exact) mass is 318 g/mol. The van der Waals surface area contributed by atoms with Crippen LogP contribution in [0.15, 0.2) is 29.2 Å². The molecule has 1 heterocycles. The zero-order valence-corrected chi connectivity index (χ0v) is 14.2. The molecular formula is C18H26N2OS. The zero-order valence-electron chi connectivity index (χ0n) is 13.4. The molecule has 1 aliphatic heterocycles. The van der Waals surface area contributed by atoms with Gasteiger partial charge in [-0.1, -0.05) is 18.9 Å². The summed E-state index contributed by atoms with van der Waals surface area (Å²) in [4.78, 5) is 15.9. The van der Waals surface area contributed by atoms with Crippen LogP contribution in [0.25, 0.3) is 0 Å². The number of nitrogens with zero attached hydrogens (tertiary/aromatic N) is 1. The molecule has 3 rings (SSSR count). The molecule has 1 saturated carbocycles. The number of hydrogen-bond donors (Lipinski definition) is 1. The van der Waals surface area contributed by atoms with Crippen molar-refractivity contribution in [3.8, 4) is 0 Å². The number of nitrogens with one attached hydrogen (secondary N) is 1. The van der Waals surface area contributed by atoms with E-state index >= 15 is 0 Å². The van der Waals surface area contributed by atoms with Crippen LogP contribution in [0.1, 0.15) is 38.5 Å². The lowest BCUT2D eigenvalue weighted by Gasteiger charge is -2.28. The van der Waals surface area contributed by atoms with Gasteiger partial charge in [-0.05, 0) is 64.0 Å². The molecule has 1 saturated heterocycles. The van der Waals surface area contributed by atoms with Crippen molar-refractivity contribution < 1.29 is 4.79 Å². The molecule has 1 aliphatic carbocycles. The Morgan fingerprint density at radius 3 is 2.64 bits per heavy atom. The third-order valence-corrected chi connectivity index (χ3v) is 6.13. The maximum Gasteiger partial charge on any atom is 0.227 e. The summed E-state index contributed by atoms with van der Waals surface area (Å²) in [6.07, 6.45) is 7.00. The predicted octanol–water partition coefficient (Wildman–Crippen LogP) is 4.00. The van der Waals surface area contributed by atoms with E-state index in [1.54, 1.807) is 0 Å². The summed E-state index contributed by atoms with van der Waals surface area (Å²) in [6, 6.07) is 8.36. The number of piperidine rings is 1. The fourth-order valence-corrected chi connectivity index (χ4v) is 4.56. The molecule has 1 N–H and O–H groups in total. The second-order valence-corrected chi connectivity index (χ2v) is 7.99. The maximum absolute atomic E-state index is 12.2. The minimum Gasteiger partial charge on any atom is -0.326 e. The predicted molar refractivity (Wildman–Crippen MR) is 93.4 cm³/mol. The standard InChI is InChI=1S/C18H26N2OS/c1-20-11-9-16(10-12-20)22-17-8-4-7-15(13-17)19-18(21)14-5-2-3-6-14/h4,7-8,13-14,16H,2-3,5-6,9-12H2,1H3,(H,19,21). The molecule has 4 heteroatoms. The first-order chi connectivity index (χ1) is 10.7. The topological polar surface area (TPSA) is 32.3 Å². The summed E-state index contributed by atoms with van der Waals surface area (Å²) in [7, 11) is 2.19. The van der Waals surface area contributed by atoms with Crippen LogP contribution in [0.3, 0.4) is 0 Å². The normalized spacial score (nSPS) is 21.1. The first kappa shape index (κ1) is 15.9. The van der Waals surface area contributed by atoms with E-state index in [-0.39, 0.29) is 11.8 Å². The van der Waals surface area contributed by atoms with Gasteiger partial charge in [0.15, 0.2) is 0 Å². The van der Waals surface area contributed by atoms with Gasteiger partial charge >= 0.3 is 0 Å². The van der Waals surface area contributed by atoms with Crippen molar-refractivity contribution >= 4 is 23.4 Å². The van der Waals surface area contributed by atoms with Gasteiger partial charge in [-0.3, -0.25) is 4.79 Å². The summed E-state index contributed by atoms with van der Waals surface area (Å²) in [6.45, 7) is 2.38. The number of carbonyl (C=O) groups is 1. The third-order valence-electron chi connectivity index (χ3n) is 4.80. The van der Waals surface area contributed by atoms with Crippen molar-refractivity contribution in [1.29, 1.82) is 0 Å². The quantitative estimate of drug-likeness (QED) is 0.910. The highest BCUT2D eigenvalue weighted by molar-refractivity contribution is 8.00. The van der Waals surface area contributed by atoms with Gasteiger partial charge < -0.3 is 10.2 Å². The van der Waals surface area contributed by atoms with E-state index in [0.717, 1.165) is 18.5 Å². The lowest BCUT2D eigenvalue weighted by Crippen LogP contribution is -2.31. The van der Waals surface area contributed by atoms with Crippen LogP contribution < -0.4 is 5.32 Å². The van der Waals surface area contributed by atoms with Crippen molar-refractivity contribution in [1.82, 2.24) is 4.90 Å². The Kier molecular flexibility index (Phi) is 5.42. The Hall–Kier alpha value is -1.00. The first-order valence-corrected chi connectivity index (χ1v) is 9.35. The highest BCUT2D eigenvalue weighted by Crippen LogP contribution is 2.32. The minimum atomic E-state index is 0.207. The van der Waals surface area contributed by atoms with Gasteiger partial charge in [0.2, 0.25) is 5.91 Å². The summed E-state index contributed by atoms with van der Waals surface area (Å²) in [5.41, 5.74) is 0.954. The molecule has 2 fully saturated rings. The Labute approximate surface area is 137 Å². The molecule has 1 amide bonds. The van der Waals surface area contributed by atoms with Crippen molar-refractivity contribution in [2.75, 3.05) is 25.5 Å². The van der Waals surface area contributed by atoms with Gasteiger partial charge in [-0.2, -0.15) is 0 Å². The smallest absolute Gasteiger partial charge is 0.227 e. The molecule has 1 aromatic rings. The SMILES string of the molecule is CN1CCC(Sc2cccc(NC(=O)C3CCCC3)c2)CC1. The van der Waals surface area contributed by atoms with Crippen molar-refractivity contribution in [2.24, 2.45) is 5.92 Å². The van der Waals surface area contributed by atoms with E-state index in [4.69, 9.17) is 0 Å². The number of anilines is 1. The van der Waals surface area contributed by atoms with Crippen molar-refractivity contribution in [3.63, 3.8) is 0 Å². The summed E-state index contributed by atoms with van der Waals surface area (Å²) < 4.78 is 0. The average molecular weight is 318 g/mol. The molecule has 0 bridgehead atoms. The molecule has 3 nitrogen and oxygen atoms in total. The van der Waals surface area contributed by atoms with Gasteiger partial charge in [-0.15, -0.1) is 11.8 Å². The third kappa shape index (κ3) is 4.26. The molecule has 0 aromatic heterocycles. The van der Waals surface area contributed by atoms with Crippen LogP contribution in [0.5, 0.6) is 0 Å². The van der Waals surface area contributed by atoms with Crippen molar-refractivity contribution in [3.05, 3.63) is 24.3 Å².